The molecule has 134 valence electrons. The molecule has 0 aromatic carbocycles. The van der Waals surface area contributed by atoms with Crippen molar-refractivity contribution in [1.29, 1.82) is 0 Å². The summed E-state index contributed by atoms with van der Waals surface area (Å²) in [4.78, 5) is 24.5. The molecule has 1 N–H and O–H groups in total. The van der Waals surface area contributed by atoms with E-state index in [9.17, 15) is 14.7 Å². The molecule has 2 rings (SSSR count). The number of aliphatic hydroxyl groups is 1. The van der Waals surface area contributed by atoms with Crippen LogP contribution in [0.15, 0.2) is 23.8 Å². The molecule has 0 saturated heterocycles. The summed E-state index contributed by atoms with van der Waals surface area (Å²) in [5, 5.41) is 10.6. The molecule has 0 spiro atoms. The Morgan fingerprint density at radius 3 is 2.50 bits per heavy atom. The smallest absolute Gasteiger partial charge is 0.330 e. The largest absolute Gasteiger partial charge is 0.459 e. The summed E-state index contributed by atoms with van der Waals surface area (Å²) in [6.07, 6.45) is 2.44. The van der Waals surface area contributed by atoms with Crippen LogP contribution < -0.4 is 0 Å². The highest BCUT2D eigenvalue weighted by molar-refractivity contribution is 5.89. The second-order valence-electron chi connectivity index (χ2n) is 8.13. The van der Waals surface area contributed by atoms with Crippen LogP contribution in [0.25, 0.3) is 0 Å². The minimum atomic E-state index is -0.942. The van der Waals surface area contributed by atoms with E-state index in [2.05, 4.69) is 20.4 Å². The summed E-state index contributed by atoms with van der Waals surface area (Å²) in [7, 11) is 0. The standard InChI is InChI=1S/C20H30O4/c1-11(2)9-17(21)24-16-8-7-15-19(23)18(22)14(12(3)4)10-20(15,6)13(16)5/h9,13-16,19,23H,3,7-8,10H2,1-2,4-6H3/t13-,14+,15+,16+,19+,20+/m0/s1. The first-order valence-corrected chi connectivity index (χ1v) is 8.80. The number of carbonyl (C=O) groups is 2. The Morgan fingerprint density at radius 2 is 1.96 bits per heavy atom. The van der Waals surface area contributed by atoms with E-state index in [0.29, 0.717) is 19.3 Å². The Morgan fingerprint density at radius 1 is 1.33 bits per heavy atom. The van der Waals surface area contributed by atoms with Crippen molar-refractivity contribution in [2.75, 3.05) is 0 Å². The monoisotopic (exact) mass is 334 g/mol. The topological polar surface area (TPSA) is 63.6 Å². The Bertz CT molecular complexity index is 572. The maximum absolute atomic E-state index is 12.4. The van der Waals surface area contributed by atoms with Gasteiger partial charge < -0.3 is 9.84 Å². The van der Waals surface area contributed by atoms with Crippen LogP contribution in [0.5, 0.6) is 0 Å². The van der Waals surface area contributed by atoms with Gasteiger partial charge in [0.05, 0.1) is 0 Å². The summed E-state index contributed by atoms with van der Waals surface area (Å²) in [5.74, 6) is -0.713. The zero-order valence-corrected chi connectivity index (χ0v) is 15.5. The minimum Gasteiger partial charge on any atom is -0.459 e. The first kappa shape index (κ1) is 18.9. The molecular weight excluding hydrogens is 304 g/mol. The van der Waals surface area contributed by atoms with Crippen molar-refractivity contribution in [1.82, 2.24) is 0 Å². The number of fused-ring (bicyclic) bond motifs is 1. The SMILES string of the molecule is C=C(C)[C@H]1C[C@@]2(C)[C@H](CC[C@@H](OC(=O)C=C(C)C)[C@@H]2C)[C@@H](O)C1=O. The molecule has 0 heterocycles. The number of ketones is 1. The van der Waals surface area contributed by atoms with Crippen LogP contribution in [-0.2, 0) is 14.3 Å². The van der Waals surface area contributed by atoms with Crippen molar-refractivity contribution in [3.05, 3.63) is 23.8 Å². The number of hydrogen-bond donors (Lipinski definition) is 1. The number of allylic oxidation sites excluding steroid dienone is 2. The molecule has 4 heteroatoms. The lowest BCUT2D eigenvalue weighted by molar-refractivity contribution is -0.172. The normalized spacial score (nSPS) is 38.9. The third-order valence-electron chi connectivity index (χ3n) is 6.14. The number of esters is 1. The Kier molecular flexibility index (Phi) is 5.38. The summed E-state index contributed by atoms with van der Waals surface area (Å²) in [6, 6.07) is 0. The van der Waals surface area contributed by atoms with Gasteiger partial charge in [-0.15, -0.1) is 0 Å². The fourth-order valence-electron chi connectivity index (χ4n) is 4.48. The Hall–Kier alpha value is -1.42. The lowest BCUT2D eigenvalue weighted by Crippen LogP contribution is -2.57. The molecule has 2 aliphatic carbocycles. The highest BCUT2D eigenvalue weighted by Crippen LogP contribution is 2.55. The number of Topliss-reactive ketones (excluding diaryl/α,β-unsaturated/α-hetero) is 1. The van der Waals surface area contributed by atoms with Crippen LogP contribution in [0.3, 0.4) is 0 Å². The first-order chi connectivity index (χ1) is 11.1. The third kappa shape index (κ3) is 3.34. The van der Waals surface area contributed by atoms with Gasteiger partial charge in [0.1, 0.15) is 12.2 Å². The van der Waals surface area contributed by atoms with Gasteiger partial charge in [-0.1, -0.05) is 31.6 Å². The fourth-order valence-corrected chi connectivity index (χ4v) is 4.48. The van der Waals surface area contributed by atoms with Gasteiger partial charge >= 0.3 is 5.97 Å². The first-order valence-electron chi connectivity index (χ1n) is 8.80. The quantitative estimate of drug-likeness (QED) is 0.488. The van der Waals surface area contributed by atoms with E-state index in [1.165, 1.54) is 6.08 Å². The predicted octanol–water partition coefficient (Wildman–Crippen LogP) is 3.44. The lowest BCUT2D eigenvalue weighted by Gasteiger charge is -2.54. The van der Waals surface area contributed by atoms with Crippen molar-refractivity contribution in [3.63, 3.8) is 0 Å². The van der Waals surface area contributed by atoms with E-state index < -0.39 is 6.10 Å². The number of hydrogen-bond acceptors (Lipinski definition) is 4. The van der Waals surface area contributed by atoms with Crippen LogP contribution in [-0.4, -0.2) is 29.1 Å². The highest BCUT2D eigenvalue weighted by Gasteiger charge is 2.56. The summed E-state index contributed by atoms with van der Waals surface area (Å²) in [6.45, 7) is 13.7. The molecule has 6 atom stereocenters. The molecular formula is C20H30O4. The summed E-state index contributed by atoms with van der Waals surface area (Å²) in [5.41, 5.74) is 1.47. The molecule has 0 unspecified atom stereocenters. The van der Waals surface area contributed by atoms with E-state index in [-0.39, 0.29) is 41.0 Å². The molecule has 0 radical (unpaired) electrons. The molecule has 24 heavy (non-hydrogen) atoms. The molecule has 0 aromatic rings. The average Bonchev–Trinajstić information content (AvgIpc) is 2.46. The summed E-state index contributed by atoms with van der Waals surface area (Å²) < 4.78 is 5.68. The number of carbonyl (C=O) groups excluding carboxylic acids is 2. The van der Waals surface area contributed by atoms with E-state index in [1.807, 2.05) is 20.8 Å². The predicted molar refractivity (Wildman–Crippen MR) is 93.2 cm³/mol. The van der Waals surface area contributed by atoms with E-state index >= 15 is 0 Å². The highest BCUT2D eigenvalue weighted by atomic mass is 16.5. The molecule has 0 bridgehead atoms. The van der Waals surface area contributed by atoms with Gasteiger partial charge in [0.15, 0.2) is 5.78 Å². The van der Waals surface area contributed by atoms with Crippen LogP contribution in [0.1, 0.15) is 53.9 Å². The van der Waals surface area contributed by atoms with Gasteiger partial charge in [-0.25, -0.2) is 4.79 Å². The zero-order valence-electron chi connectivity index (χ0n) is 15.5. The van der Waals surface area contributed by atoms with Crippen molar-refractivity contribution in [2.45, 2.75) is 66.1 Å². The van der Waals surface area contributed by atoms with Gasteiger partial charge in [-0.05, 0) is 57.3 Å². The number of aliphatic hydroxyl groups excluding tert-OH is 1. The van der Waals surface area contributed by atoms with Crippen molar-refractivity contribution in [3.8, 4) is 0 Å². The molecule has 0 amide bonds. The van der Waals surface area contributed by atoms with E-state index in [1.54, 1.807) is 0 Å². The third-order valence-corrected chi connectivity index (χ3v) is 6.14. The van der Waals surface area contributed by atoms with Crippen molar-refractivity contribution >= 4 is 11.8 Å². The molecule has 0 aromatic heterocycles. The van der Waals surface area contributed by atoms with Gasteiger partial charge in [0.2, 0.25) is 0 Å². The second-order valence-corrected chi connectivity index (χ2v) is 8.13. The molecule has 2 aliphatic rings. The molecule has 4 nitrogen and oxygen atoms in total. The second kappa shape index (κ2) is 6.83. The van der Waals surface area contributed by atoms with E-state index in [4.69, 9.17) is 4.74 Å². The molecule has 2 fully saturated rings. The average molecular weight is 334 g/mol. The maximum Gasteiger partial charge on any atom is 0.330 e. The maximum atomic E-state index is 12.4. The van der Waals surface area contributed by atoms with E-state index in [0.717, 1.165) is 11.1 Å². The van der Waals surface area contributed by atoms with Gasteiger partial charge in [-0.3, -0.25) is 4.79 Å². The Balaban J connectivity index is 2.23. The van der Waals surface area contributed by atoms with Crippen LogP contribution in [0, 0.1) is 23.2 Å². The van der Waals surface area contributed by atoms with Crippen LogP contribution in [0.2, 0.25) is 0 Å². The fraction of sp³-hybridized carbons (Fsp3) is 0.700. The lowest BCUT2D eigenvalue weighted by atomic mass is 9.51. The van der Waals surface area contributed by atoms with Crippen molar-refractivity contribution < 1.29 is 19.4 Å². The van der Waals surface area contributed by atoms with Crippen LogP contribution in [0.4, 0.5) is 0 Å². The van der Waals surface area contributed by atoms with Crippen molar-refractivity contribution in [2.24, 2.45) is 23.2 Å². The number of ether oxygens (including phenoxy) is 1. The van der Waals surface area contributed by atoms with Gasteiger partial charge in [-0.2, -0.15) is 0 Å². The Labute approximate surface area is 145 Å². The zero-order chi connectivity index (χ0) is 18.2. The number of rotatable bonds is 3. The van der Waals surface area contributed by atoms with Gasteiger partial charge in [0, 0.05) is 12.0 Å². The van der Waals surface area contributed by atoms with Gasteiger partial charge in [0.25, 0.3) is 0 Å². The summed E-state index contributed by atoms with van der Waals surface area (Å²) >= 11 is 0. The molecule has 2 saturated carbocycles. The minimum absolute atomic E-state index is 0.0750. The molecule has 0 aliphatic heterocycles. The van der Waals surface area contributed by atoms with Crippen LogP contribution >= 0.6 is 0 Å².